The topological polar surface area (TPSA) is 122 Å². The number of carbonyl (C=O) groups excluding carboxylic acids is 2. The molecule has 0 aromatic heterocycles. The molecule has 9 nitrogen and oxygen atoms in total. The van der Waals surface area contributed by atoms with Crippen LogP contribution in [0.2, 0.25) is 0 Å². The average molecular weight is 424 g/mol. The summed E-state index contributed by atoms with van der Waals surface area (Å²) < 4.78 is 36.5. The van der Waals surface area contributed by atoms with E-state index >= 15 is 0 Å². The third kappa shape index (κ3) is 5.19. The van der Waals surface area contributed by atoms with Gasteiger partial charge in [-0.2, -0.15) is 0 Å². The Morgan fingerprint density at radius 3 is 2.52 bits per heavy atom. The van der Waals surface area contributed by atoms with Crippen molar-refractivity contribution in [2.24, 2.45) is 5.41 Å². The smallest absolute Gasteiger partial charge is 0.409 e. The van der Waals surface area contributed by atoms with Crippen LogP contribution in [0.4, 0.5) is 4.79 Å². The molecule has 0 saturated carbocycles. The summed E-state index contributed by atoms with van der Waals surface area (Å²) >= 11 is 0. The molecule has 0 bridgehead atoms. The van der Waals surface area contributed by atoms with Gasteiger partial charge in [-0.15, -0.1) is 5.92 Å². The number of nitrogens with one attached hydrogen (secondary N) is 1. The maximum Gasteiger partial charge on any atom is 0.409 e. The van der Waals surface area contributed by atoms with Crippen LogP contribution in [0.25, 0.3) is 0 Å². The standard InChI is InChI=1S/C19H24N2O7S/c1-3-4-13-28-15-7-5-6-8-16(15)29(25,26)14-19(17(22)20-24)9-11-21(12-10-19)18(23)27-2/h5-8,24H,9-14H2,1-2H3,(H,20,22). The van der Waals surface area contributed by atoms with Gasteiger partial charge in [-0.3, -0.25) is 10.0 Å². The summed E-state index contributed by atoms with van der Waals surface area (Å²) in [6.07, 6.45) is -0.447. The largest absolute Gasteiger partial charge is 0.480 e. The minimum Gasteiger partial charge on any atom is -0.480 e. The Balaban J connectivity index is 2.31. The highest BCUT2D eigenvalue weighted by atomic mass is 32.2. The van der Waals surface area contributed by atoms with E-state index in [1.807, 2.05) is 0 Å². The summed E-state index contributed by atoms with van der Waals surface area (Å²) in [4.78, 5) is 25.5. The van der Waals surface area contributed by atoms with Gasteiger partial charge in [0.25, 0.3) is 5.91 Å². The van der Waals surface area contributed by atoms with Crippen LogP contribution < -0.4 is 10.2 Å². The monoisotopic (exact) mass is 424 g/mol. The summed E-state index contributed by atoms with van der Waals surface area (Å²) in [5.41, 5.74) is 0.182. The molecule has 1 aromatic rings. The van der Waals surface area contributed by atoms with Crippen LogP contribution in [0.1, 0.15) is 19.8 Å². The number of sulfone groups is 1. The normalized spacial score (nSPS) is 15.6. The molecule has 0 atom stereocenters. The quantitative estimate of drug-likeness (QED) is 0.400. The van der Waals surface area contributed by atoms with Gasteiger partial charge in [0.2, 0.25) is 0 Å². The van der Waals surface area contributed by atoms with E-state index < -0.39 is 33.0 Å². The predicted octanol–water partition coefficient (Wildman–Crippen LogP) is 1.22. The van der Waals surface area contributed by atoms with Gasteiger partial charge in [0.05, 0.1) is 18.3 Å². The Labute approximate surface area is 169 Å². The van der Waals surface area contributed by atoms with Gasteiger partial charge in [0.1, 0.15) is 17.3 Å². The van der Waals surface area contributed by atoms with Gasteiger partial charge in [0.15, 0.2) is 9.84 Å². The van der Waals surface area contributed by atoms with E-state index in [-0.39, 0.29) is 43.2 Å². The molecule has 1 aliphatic heterocycles. The van der Waals surface area contributed by atoms with Crippen molar-refractivity contribution in [3.05, 3.63) is 24.3 Å². The molecule has 1 aliphatic rings. The second-order valence-corrected chi connectivity index (χ2v) is 8.56. The molecular formula is C19H24N2O7S. The Bertz CT molecular complexity index is 910. The Morgan fingerprint density at radius 1 is 1.28 bits per heavy atom. The highest BCUT2D eigenvalue weighted by molar-refractivity contribution is 7.91. The number of carbonyl (C=O) groups is 2. The van der Waals surface area contributed by atoms with Crippen molar-refractivity contribution in [2.45, 2.75) is 24.7 Å². The summed E-state index contributed by atoms with van der Waals surface area (Å²) in [5.74, 6) is 4.16. The molecule has 1 aromatic carbocycles. The van der Waals surface area contributed by atoms with Gasteiger partial charge in [-0.25, -0.2) is 18.7 Å². The van der Waals surface area contributed by atoms with E-state index in [9.17, 15) is 23.2 Å². The van der Waals surface area contributed by atoms with Crippen molar-refractivity contribution in [3.8, 4) is 17.6 Å². The van der Waals surface area contributed by atoms with Crippen molar-refractivity contribution in [3.63, 3.8) is 0 Å². The van der Waals surface area contributed by atoms with Crippen molar-refractivity contribution in [1.82, 2.24) is 10.4 Å². The molecule has 2 rings (SSSR count). The van der Waals surface area contributed by atoms with Crippen molar-refractivity contribution in [1.29, 1.82) is 0 Å². The lowest BCUT2D eigenvalue weighted by Gasteiger charge is -2.39. The molecule has 0 spiro atoms. The number of hydroxylamine groups is 1. The molecular weight excluding hydrogens is 400 g/mol. The molecule has 0 unspecified atom stereocenters. The molecule has 29 heavy (non-hydrogen) atoms. The van der Waals surface area contributed by atoms with E-state index in [1.54, 1.807) is 24.5 Å². The first-order chi connectivity index (χ1) is 13.8. The predicted molar refractivity (Wildman–Crippen MR) is 103 cm³/mol. The zero-order valence-corrected chi connectivity index (χ0v) is 17.1. The third-order valence-corrected chi connectivity index (χ3v) is 6.80. The van der Waals surface area contributed by atoms with Crippen molar-refractivity contribution in [2.75, 3.05) is 32.6 Å². The lowest BCUT2D eigenvalue weighted by molar-refractivity contribution is -0.141. The molecule has 2 N–H and O–H groups in total. The van der Waals surface area contributed by atoms with Crippen LogP contribution in [0, 0.1) is 17.3 Å². The third-order valence-electron chi connectivity index (χ3n) is 4.86. The number of benzene rings is 1. The lowest BCUT2D eigenvalue weighted by atomic mass is 9.79. The SMILES string of the molecule is CC#CCOc1ccccc1S(=O)(=O)CC1(C(=O)NO)CCN(C(=O)OC)CC1. The number of hydrogen-bond acceptors (Lipinski definition) is 7. The second-order valence-electron chi connectivity index (χ2n) is 6.60. The van der Waals surface area contributed by atoms with E-state index in [0.29, 0.717) is 0 Å². The van der Waals surface area contributed by atoms with Crippen LogP contribution in [0.3, 0.4) is 0 Å². The van der Waals surface area contributed by atoms with Crippen molar-refractivity contribution < 1.29 is 32.7 Å². The van der Waals surface area contributed by atoms with Gasteiger partial charge >= 0.3 is 6.09 Å². The number of amides is 2. The summed E-state index contributed by atoms with van der Waals surface area (Å²) in [6, 6.07) is 6.11. The number of hydrogen-bond donors (Lipinski definition) is 2. The number of ether oxygens (including phenoxy) is 2. The zero-order valence-electron chi connectivity index (χ0n) is 16.3. The number of nitrogens with zero attached hydrogens (tertiary/aromatic N) is 1. The Kier molecular flexibility index (Phi) is 7.47. The summed E-state index contributed by atoms with van der Waals surface area (Å²) in [5, 5.41) is 9.20. The molecule has 10 heteroatoms. The minimum atomic E-state index is -3.96. The van der Waals surface area contributed by atoms with Crippen LogP contribution in [-0.2, 0) is 19.4 Å². The van der Waals surface area contributed by atoms with E-state index in [2.05, 4.69) is 16.6 Å². The minimum absolute atomic E-state index is 0.0272. The van der Waals surface area contributed by atoms with E-state index in [1.165, 1.54) is 24.1 Å². The van der Waals surface area contributed by atoms with Gasteiger partial charge in [-0.05, 0) is 31.9 Å². The molecule has 0 radical (unpaired) electrons. The number of piperidine rings is 1. The van der Waals surface area contributed by atoms with Crippen LogP contribution >= 0.6 is 0 Å². The van der Waals surface area contributed by atoms with E-state index in [0.717, 1.165) is 0 Å². The average Bonchev–Trinajstić information content (AvgIpc) is 2.73. The first-order valence-corrected chi connectivity index (χ1v) is 10.6. The van der Waals surface area contributed by atoms with Crippen LogP contribution in [0.15, 0.2) is 29.2 Å². The van der Waals surface area contributed by atoms with Crippen LogP contribution in [0.5, 0.6) is 5.75 Å². The maximum atomic E-state index is 13.2. The fraction of sp³-hybridized carbons (Fsp3) is 0.474. The first kappa shape index (κ1) is 22.5. The summed E-state index contributed by atoms with van der Waals surface area (Å²) in [6.45, 7) is 1.92. The Morgan fingerprint density at radius 2 is 1.93 bits per heavy atom. The molecule has 158 valence electrons. The van der Waals surface area contributed by atoms with E-state index in [4.69, 9.17) is 4.74 Å². The highest BCUT2D eigenvalue weighted by Gasteiger charge is 2.46. The van der Waals surface area contributed by atoms with Gasteiger partial charge < -0.3 is 14.4 Å². The fourth-order valence-corrected chi connectivity index (χ4v) is 5.28. The van der Waals surface area contributed by atoms with Crippen molar-refractivity contribution >= 4 is 21.8 Å². The first-order valence-electron chi connectivity index (χ1n) is 8.91. The molecule has 2 amide bonds. The molecule has 1 saturated heterocycles. The maximum absolute atomic E-state index is 13.2. The fourth-order valence-electron chi connectivity index (χ4n) is 3.26. The molecule has 1 heterocycles. The number of likely N-dealkylation sites (tertiary alicyclic amines) is 1. The molecule has 1 fully saturated rings. The van der Waals surface area contributed by atoms with Gasteiger partial charge in [0, 0.05) is 13.1 Å². The highest BCUT2D eigenvalue weighted by Crippen LogP contribution is 2.37. The molecule has 0 aliphatic carbocycles. The second kappa shape index (κ2) is 9.62. The lowest BCUT2D eigenvalue weighted by Crippen LogP contribution is -2.52. The number of rotatable bonds is 6. The number of para-hydroxylation sites is 1. The Hall–Kier alpha value is -2.77. The zero-order chi connectivity index (χ0) is 21.5. The van der Waals surface area contributed by atoms with Crippen LogP contribution in [-0.4, -0.2) is 63.1 Å². The van der Waals surface area contributed by atoms with Gasteiger partial charge in [-0.1, -0.05) is 18.1 Å². The number of methoxy groups -OCH3 is 1. The summed E-state index contributed by atoms with van der Waals surface area (Å²) in [7, 11) is -2.72.